The summed E-state index contributed by atoms with van der Waals surface area (Å²) in [6, 6.07) is 23.2. The van der Waals surface area contributed by atoms with Crippen LogP contribution in [0.25, 0.3) is 11.5 Å². The van der Waals surface area contributed by atoms with Crippen LogP contribution < -0.4 is 15.9 Å². The third kappa shape index (κ3) is 5.28. The molecule has 0 unspecified atom stereocenters. The van der Waals surface area contributed by atoms with Gasteiger partial charge in [0.15, 0.2) is 0 Å². The van der Waals surface area contributed by atoms with E-state index < -0.39 is 19.1 Å². The maximum Gasteiger partial charge on any atom is 0.333 e. The van der Waals surface area contributed by atoms with Crippen molar-refractivity contribution in [3.8, 4) is 0 Å². The lowest BCUT2D eigenvalue weighted by Crippen LogP contribution is -2.38. The number of rotatable bonds is 5. The summed E-state index contributed by atoms with van der Waals surface area (Å²) in [5.74, 6) is 3.35. The van der Waals surface area contributed by atoms with E-state index in [-0.39, 0.29) is 0 Å². The average molecular weight is 435 g/mol. The highest BCUT2D eigenvalue weighted by Gasteiger charge is 2.27. The molecule has 0 spiro atoms. The first-order valence-corrected chi connectivity index (χ1v) is 11.3. The van der Waals surface area contributed by atoms with E-state index in [2.05, 4.69) is 15.9 Å². The normalized spacial score (nSPS) is 14.6. The quantitative estimate of drug-likeness (QED) is 0.352. The van der Waals surface area contributed by atoms with Crippen LogP contribution in [0.1, 0.15) is 11.1 Å². The number of hydrazine groups is 1. The van der Waals surface area contributed by atoms with Crippen LogP contribution in [0.3, 0.4) is 0 Å². The number of carbonyl (C=O) groups is 1. The molecule has 0 saturated carbocycles. The molecule has 156 valence electrons. The second-order valence-corrected chi connectivity index (χ2v) is 8.89. The van der Waals surface area contributed by atoms with Gasteiger partial charge in [0, 0.05) is 28.4 Å². The van der Waals surface area contributed by atoms with Gasteiger partial charge in [0.05, 0.1) is 0 Å². The number of urea groups is 1. The number of anilines is 1. The number of nitrogens with one attached hydrogen (secondary N) is 3. The minimum absolute atomic E-state index is 0.395. The third-order valence-electron chi connectivity index (χ3n) is 4.40. The van der Waals surface area contributed by atoms with E-state index in [1.54, 1.807) is 0 Å². The summed E-state index contributed by atoms with van der Waals surface area (Å²) in [4.78, 5) is 12.2. The summed E-state index contributed by atoms with van der Waals surface area (Å²) in [5.41, 5.74) is 4.30. The molecule has 0 aromatic heterocycles. The van der Waals surface area contributed by atoms with Crippen molar-refractivity contribution in [3.05, 3.63) is 114 Å². The number of carbonyl (C=O) groups excluding carboxylic acids is 1. The monoisotopic (exact) mass is 435 g/mol. The van der Waals surface area contributed by atoms with Crippen molar-refractivity contribution in [2.75, 3.05) is 5.32 Å². The van der Waals surface area contributed by atoms with Crippen LogP contribution in [0.4, 0.5) is 14.9 Å². The van der Waals surface area contributed by atoms with Gasteiger partial charge in [-0.1, -0.05) is 60.7 Å². The fourth-order valence-electron chi connectivity index (χ4n) is 2.93. The molecule has 0 saturated heterocycles. The van der Waals surface area contributed by atoms with E-state index in [9.17, 15) is 13.8 Å². The molecule has 4 rings (SSSR count). The second-order valence-electron chi connectivity index (χ2n) is 6.73. The molecule has 0 radical (unpaired) electrons. The van der Waals surface area contributed by atoms with Gasteiger partial charge in [-0.05, 0) is 24.3 Å². The Morgan fingerprint density at radius 2 is 1.29 bits per heavy atom. The van der Waals surface area contributed by atoms with Gasteiger partial charge in [-0.15, -0.1) is 0 Å². The van der Waals surface area contributed by atoms with E-state index in [1.165, 1.54) is 35.9 Å². The Kier molecular flexibility index (Phi) is 5.98. The Balaban J connectivity index is 1.56. The van der Waals surface area contributed by atoms with E-state index >= 15 is 0 Å². The molecule has 6 nitrogen and oxygen atoms in total. The first kappa shape index (κ1) is 20.6. The van der Waals surface area contributed by atoms with Gasteiger partial charge in [-0.3, -0.25) is 9.99 Å². The van der Waals surface area contributed by atoms with Crippen molar-refractivity contribution < 1.29 is 18.5 Å². The smallest absolute Gasteiger partial charge is 0.333 e. The average Bonchev–Trinajstić information content (AvgIpc) is 2.80. The minimum atomic E-state index is -3.35. The first-order valence-electron chi connectivity index (χ1n) is 9.44. The first-order chi connectivity index (χ1) is 15.0. The van der Waals surface area contributed by atoms with Crippen LogP contribution >= 0.6 is 7.29 Å². The standard InChI is InChI=1S/C23H19FN3O3P/c24-19-11-13-20(14-12-19)25-23(28)26-27-31(29)15-21(17-7-3-1-4-8-17)30-22(16-31)18-9-5-2-6-10-18/h1-16H,(H,27,29)(H2,25,26,28). The molecule has 3 N–H and O–H groups in total. The van der Waals surface area contributed by atoms with Gasteiger partial charge in [0.2, 0.25) is 7.29 Å². The number of hydrogen-bond acceptors (Lipinski definition) is 3. The lowest BCUT2D eigenvalue weighted by atomic mass is 10.2. The molecule has 0 atom stereocenters. The fraction of sp³-hybridized carbons (Fsp3) is 0. The highest BCUT2D eigenvalue weighted by Crippen LogP contribution is 2.52. The molecule has 8 heteroatoms. The molecule has 1 heterocycles. The topological polar surface area (TPSA) is 79.5 Å². The van der Waals surface area contributed by atoms with Crippen LogP contribution in [-0.2, 0) is 9.30 Å². The highest BCUT2D eigenvalue weighted by atomic mass is 31.2. The Hall–Kier alpha value is -3.67. The molecule has 0 fully saturated rings. The van der Waals surface area contributed by atoms with E-state index in [4.69, 9.17) is 4.74 Å². The van der Waals surface area contributed by atoms with Crippen molar-refractivity contribution in [1.82, 2.24) is 10.6 Å². The van der Waals surface area contributed by atoms with Crippen LogP contribution in [-0.4, -0.2) is 6.03 Å². The summed E-state index contributed by atoms with van der Waals surface area (Å²) < 4.78 is 32.6. The van der Waals surface area contributed by atoms with Crippen LogP contribution in [0.15, 0.2) is 96.6 Å². The fourth-order valence-corrected chi connectivity index (χ4v) is 4.51. The highest BCUT2D eigenvalue weighted by molar-refractivity contribution is 7.68. The number of amides is 2. The molecule has 3 aromatic carbocycles. The van der Waals surface area contributed by atoms with Crippen molar-refractivity contribution in [2.45, 2.75) is 0 Å². The number of hydrogen-bond donors (Lipinski definition) is 3. The molecular formula is C23H19FN3O3P. The predicted octanol–water partition coefficient (Wildman–Crippen LogP) is 5.76. The van der Waals surface area contributed by atoms with Gasteiger partial charge in [-0.25, -0.2) is 9.18 Å². The van der Waals surface area contributed by atoms with Crippen LogP contribution in [0.2, 0.25) is 0 Å². The van der Waals surface area contributed by atoms with E-state index in [1.807, 2.05) is 60.7 Å². The number of halogens is 1. The maximum absolute atomic E-state index is 13.6. The van der Waals surface area contributed by atoms with Crippen molar-refractivity contribution in [1.29, 1.82) is 0 Å². The van der Waals surface area contributed by atoms with E-state index in [0.29, 0.717) is 17.2 Å². The van der Waals surface area contributed by atoms with Gasteiger partial charge >= 0.3 is 6.03 Å². The zero-order valence-electron chi connectivity index (χ0n) is 16.3. The third-order valence-corrected chi connectivity index (χ3v) is 6.10. The molecule has 3 aromatic rings. The van der Waals surface area contributed by atoms with Crippen molar-refractivity contribution >= 4 is 30.5 Å². The lowest BCUT2D eigenvalue weighted by Gasteiger charge is -2.23. The summed E-state index contributed by atoms with van der Waals surface area (Å²) in [6.45, 7) is 0. The molecule has 0 bridgehead atoms. The molecule has 31 heavy (non-hydrogen) atoms. The lowest BCUT2D eigenvalue weighted by molar-refractivity contribution is 0.250. The summed E-state index contributed by atoms with van der Waals surface area (Å²) in [7, 11) is -3.35. The Morgan fingerprint density at radius 3 is 1.81 bits per heavy atom. The number of ether oxygens (including phenoxy) is 1. The Morgan fingerprint density at radius 1 is 0.774 bits per heavy atom. The van der Waals surface area contributed by atoms with Crippen molar-refractivity contribution in [2.24, 2.45) is 0 Å². The molecule has 0 aliphatic carbocycles. The summed E-state index contributed by atoms with van der Waals surface area (Å²) >= 11 is 0. The van der Waals surface area contributed by atoms with Gasteiger partial charge in [0.1, 0.15) is 17.3 Å². The largest absolute Gasteiger partial charge is 0.456 e. The maximum atomic E-state index is 13.6. The Bertz CT molecular complexity index is 1120. The van der Waals surface area contributed by atoms with Crippen LogP contribution in [0, 0.1) is 5.82 Å². The molecule has 1 aliphatic heterocycles. The van der Waals surface area contributed by atoms with E-state index in [0.717, 1.165) is 11.1 Å². The number of benzene rings is 3. The summed E-state index contributed by atoms with van der Waals surface area (Å²) in [5, 5.41) is 5.15. The second kappa shape index (κ2) is 9.00. The summed E-state index contributed by atoms with van der Waals surface area (Å²) in [6.07, 6.45) is 0. The molecular weight excluding hydrogens is 416 g/mol. The Labute approximate surface area is 178 Å². The van der Waals surface area contributed by atoms with Crippen molar-refractivity contribution in [3.63, 3.8) is 0 Å². The zero-order chi connectivity index (χ0) is 21.7. The van der Waals surface area contributed by atoms with Gasteiger partial charge in [0.25, 0.3) is 0 Å². The molecule has 2 amide bonds. The van der Waals surface area contributed by atoms with Gasteiger partial charge < -0.3 is 10.1 Å². The SMILES string of the molecule is O=C(NNP1(=O)C=C(c2ccccc2)OC(c2ccccc2)=C1)Nc1ccc(F)cc1. The van der Waals surface area contributed by atoms with Gasteiger partial charge in [-0.2, -0.15) is 5.20 Å². The van der Waals surface area contributed by atoms with Crippen LogP contribution in [0.5, 0.6) is 0 Å². The zero-order valence-corrected chi connectivity index (χ0v) is 17.2. The predicted molar refractivity (Wildman–Crippen MR) is 119 cm³/mol. The minimum Gasteiger partial charge on any atom is -0.456 e. The molecule has 1 aliphatic rings.